The first-order valence-corrected chi connectivity index (χ1v) is 5.13. The number of carbonyl (C=O) groups excluding carboxylic acids is 1. The Kier molecular flexibility index (Phi) is 4.10. The zero-order chi connectivity index (χ0) is 10.6. The highest BCUT2D eigenvalue weighted by Gasteiger charge is 2.18. The van der Waals surface area contributed by atoms with Crippen molar-refractivity contribution in [3.63, 3.8) is 0 Å². The number of rotatable bonds is 3. The zero-order valence-corrected chi connectivity index (χ0v) is 9.01. The van der Waals surface area contributed by atoms with E-state index in [1.807, 2.05) is 0 Å². The lowest BCUT2D eigenvalue weighted by molar-refractivity contribution is -0.138. The number of para-hydroxylation sites is 1. The number of halogens is 1. The monoisotopic (exact) mass is 232 g/mol. The third-order valence-corrected chi connectivity index (χ3v) is 2.93. The molecule has 0 bridgehead atoms. The molecule has 0 aliphatic rings. The summed E-state index contributed by atoms with van der Waals surface area (Å²) in [7, 11) is 1.27. The van der Waals surface area contributed by atoms with E-state index in [0.717, 1.165) is 11.8 Å². The van der Waals surface area contributed by atoms with Crippen LogP contribution in [-0.4, -0.2) is 22.9 Å². The maximum atomic E-state index is 11.0. The number of benzene rings is 1. The van der Waals surface area contributed by atoms with Gasteiger partial charge in [-0.25, -0.2) is 4.79 Å². The molecule has 0 aromatic heterocycles. The van der Waals surface area contributed by atoms with E-state index in [1.54, 1.807) is 18.2 Å². The molecule has 1 aromatic rings. The largest absolute Gasteiger partial charge is 0.507 e. The first kappa shape index (κ1) is 11.2. The van der Waals surface area contributed by atoms with Crippen LogP contribution in [-0.2, 0) is 9.53 Å². The second kappa shape index (κ2) is 5.12. The van der Waals surface area contributed by atoms with Crippen LogP contribution in [0.2, 0.25) is 0 Å². The van der Waals surface area contributed by atoms with Crippen LogP contribution in [0, 0.1) is 0 Å². The molecule has 1 N–H and O–H groups in total. The first-order chi connectivity index (χ1) is 6.65. The van der Waals surface area contributed by atoms with E-state index in [1.165, 1.54) is 13.2 Å². The predicted molar refractivity (Wildman–Crippen MR) is 55.6 cm³/mol. The van der Waals surface area contributed by atoms with Gasteiger partial charge in [-0.1, -0.05) is 35.5 Å². The number of carbonyl (C=O) groups is 1. The molecule has 0 spiro atoms. The Hall–Kier alpha value is -0.870. The van der Waals surface area contributed by atoms with E-state index in [0.29, 0.717) is 4.90 Å². The fourth-order valence-electron chi connectivity index (χ4n) is 0.809. The van der Waals surface area contributed by atoms with E-state index in [9.17, 15) is 9.90 Å². The number of hydrogen-bond donors (Lipinski definition) is 1. The van der Waals surface area contributed by atoms with Gasteiger partial charge in [-0.3, -0.25) is 0 Å². The van der Waals surface area contributed by atoms with Crippen LogP contribution in [0.1, 0.15) is 0 Å². The van der Waals surface area contributed by atoms with Gasteiger partial charge >= 0.3 is 5.97 Å². The number of esters is 1. The van der Waals surface area contributed by atoms with Gasteiger partial charge in [0, 0.05) is 0 Å². The Morgan fingerprint density at radius 2 is 2.21 bits per heavy atom. The Morgan fingerprint density at radius 3 is 2.79 bits per heavy atom. The molecule has 5 heteroatoms. The molecule has 1 rings (SSSR count). The minimum absolute atomic E-state index is 0.104. The molecule has 0 saturated carbocycles. The van der Waals surface area contributed by atoms with E-state index in [2.05, 4.69) is 4.74 Å². The number of phenols is 1. The van der Waals surface area contributed by atoms with Crippen molar-refractivity contribution >= 4 is 29.3 Å². The van der Waals surface area contributed by atoms with Crippen LogP contribution < -0.4 is 0 Å². The second-order valence-electron chi connectivity index (χ2n) is 2.42. The van der Waals surface area contributed by atoms with Gasteiger partial charge in [-0.05, 0) is 12.1 Å². The maximum absolute atomic E-state index is 11.0. The third kappa shape index (κ3) is 2.82. The Labute approximate surface area is 91.0 Å². The average Bonchev–Trinajstić information content (AvgIpc) is 2.20. The maximum Gasteiger partial charge on any atom is 0.334 e. The normalized spacial score (nSPS) is 12.1. The van der Waals surface area contributed by atoms with Crippen LogP contribution in [0.15, 0.2) is 29.2 Å². The molecule has 0 radical (unpaired) electrons. The highest BCUT2D eigenvalue weighted by Crippen LogP contribution is 2.33. The molecule has 0 aliphatic carbocycles. The minimum Gasteiger partial charge on any atom is -0.507 e. The zero-order valence-electron chi connectivity index (χ0n) is 7.44. The fourth-order valence-corrected chi connectivity index (χ4v) is 1.95. The van der Waals surface area contributed by atoms with Crippen molar-refractivity contribution in [3.05, 3.63) is 24.3 Å². The van der Waals surface area contributed by atoms with Crippen molar-refractivity contribution in [1.82, 2.24) is 0 Å². The van der Waals surface area contributed by atoms with E-state index in [4.69, 9.17) is 11.6 Å². The number of alkyl halides is 1. The highest BCUT2D eigenvalue weighted by atomic mass is 35.5. The van der Waals surface area contributed by atoms with Crippen molar-refractivity contribution in [1.29, 1.82) is 0 Å². The Bertz CT molecular complexity index is 330. The summed E-state index contributed by atoms with van der Waals surface area (Å²) in [6.07, 6.45) is 0. The van der Waals surface area contributed by atoms with E-state index >= 15 is 0 Å². The third-order valence-electron chi connectivity index (χ3n) is 1.48. The molecule has 14 heavy (non-hydrogen) atoms. The van der Waals surface area contributed by atoms with E-state index in [-0.39, 0.29) is 5.75 Å². The predicted octanol–water partition coefficient (Wildman–Crippen LogP) is 2.22. The summed E-state index contributed by atoms with van der Waals surface area (Å²) in [5, 5.41) is 9.38. The molecular formula is C9H9ClO3S. The summed E-state index contributed by atoms with van der Waals surface area (Å²) in [4.78, 5) is 11.5. The topological polar surface area (TPSA) is 46.5 Å². The Morgan fingerprint density at radius 1 is 1.57 bits per heavy atom. The Balaban J connectivity index is 2.69. The van der Waals surface area contributed by atoms with Gasteiger partial charge < -0.3 is 9.84 Å². The molecule has 1 atom stereocenters. The number of methoxy groups -OCH3 is 1. The van der Waals surface area contributed by atoms with Crippen LogP contribution in [0.3, 0.4) is 0 Å². The molecule has 0 heterocycles. The van der Waals surface area contributed by atoms with Gasteiger partial charge in [0.1, 0.15) is 5.75 Å². The smallest absolute Gasteiger partial charge is 0.334 e. The average molecular weight is 233 g/mol. The highest BCUT2D eigenvalue weighted by molar-refractivity contribution is 8.02. The van der Waals surface area contributed by atoms with Crippen LogP contribution in [0.25, 0.3) is 0 Å². The van der Waals surface area contributed by atoms with Gasteiger partial charge in [0.25, 0.3) is 0 Å². The van der Waals surface area contributed by atoms with Gasteiger partial charge in [0.05, 0.1) is 12.0 Å². The summed E-state index contributed by atoms with van der Waals surface area (Å²) in [5.74, 6) is -0.424. The quantitative estimate of drug-likeness (QED) is 0.493. The SMILES string of the molecule is COC(=O)C(Cl)Sc1ccccc1O. The van der Waals surface area contributed by atoms with Gasteiger partial charge in [0.2, 0.25) is 0 Å². The molecule has 76 valence electrons. The summed E-state index contributed by atoms with van der Waals surface area (Å²) in [6.45, 7) is 0. The second-order valence-corrected chi connectivity index (χ2v) is 4.27. The lowest BCUT2D eigenvalue weighted by Crippen LogP contribution is -2.11. The lowest BCUT2D eigenvalue weighted by atomic mass is 10.3. The lowest BCUT2D eigenvalue weighted by Gasteiger charge is -2.07. The van der Waals surface area contributed by atoms with Crippen molar-refractivity contribution in [3.8, 4) is 5.75 Å². The molecule has 1 unspecified atom stereocenters. The molecular weight excluding hydrogens is 224 g/mol. The first-order valence-electron chi connectivity index (χ1n) is 3.81. The van der Waals surface area contributed by atoms with Crippen molar-refractivity contribution < 1.29 is 14.6 Å². The number of ether oxygens (including phenoxy) is 1. The summed E-state index contributed by atoms with van der Waals surface area (Å²) in [6, 6.07) is 6.66. The minimum atomic E-state index is -0.840. The molecule has 0 aliphatic heterocycles. The van der Waals surface area contributed by atoms with Gasteiger partial charge in [0.15, 0.2) is 4.71 Å². The molecule has 0 fully saturated rings. The summed E-state index contributed by atoms with van der Waals surface area (Å²) >= 11 is 6.76. The molecule has 0 saturated heterocycles. The van der Waals surface area contributed by atoms with Gasteiger partial charge in [-0.15, -0.1) is 0 Å². The van der Waals surface area contributed by atoms with Crippen molar-refractivity contribution in [2.24, 2.45) is 0 Å². The summed E-state index contributed by atoms with van der Waals surface area (Å²) < 4.78 is 3.61. The van der Waals surface area contributed by atoms with E-state index < -0.39 is 10.7 Å². The van der Waals surface area contributed by atoms with Crippen molar-refractivity contribution in [2.45, 2.75) is 9.60 Å². The number of phenolic OH excluding ortho intramolecular Hbond substituents is 1. The van der Waals surface area contributed by atoms with Crippen LogP contribution in [0.5, 0.6) is 5.75 Å². The van der Waals surface area contributed by atoms with Gasteiger partial charge in [-0.2, -0.15) is 0 Å². The summed E-state index contributed by atoms with van der Waals surface area (Å²) in [5.41, 5.74) is 0. The number of aromatic hydroxyl groups is 1. The molecule has 1 aromatic carbocycles. The van der Waals surface area contributed by atoms with Crippen molar-refractivity contribution in [2.75, 3.05) is 7.11 Å². The molecule has 3 nitrogen and oxygen atoms in total. The fraction of sp³-hybridized carbons (Fsp3) is 0.222. The number of hydrogen-bond acceptors (Lipinski definition) is 4. The standard InChI is InChI=1S/C9H9ClO3S/c1-13-9(12)8(10)14-7-5-3-2-4-6(7)11/h2-5,8,11H,1H3. The molecule has 0 amide bonds. The number of thioether (sulfide) groups is 1. The van der Waals surface area contributed by atoms with Crippen LogP contribution in [0.4, 0.5) is 0 Å². The van der Waals surface area contributed by atoms with Crippen LogP contribution >= 0.6 is 23.4 Å².